The van der Waals surface area contributed by atoms with E-state index in [2.05, 4.69) is 22.2 Å². The molecular formula is C11H18N2O. The van der Waals surface area contributed by atoms with Crippen LogP contribution in [0.15, 0.2) is 0 Å². The summed E-state index contributed by atoms with van der Waals surface area (Å²) in [6.07, 6.45) is 4.71. The molecule has 1 unspecified atom stereocenters. The smallest absolute Gasteiger partial charge is 0.0698 e. The summed E-state index contributed by atoms with van der Waals surface area (Å²) in [6.45, 7) is 4.25. The van der Waals surface area contributed by atoms with Crippen LogP contribution in [0.1, 0.15) is 25.7 Å². The van der Waals surface area contributed by atoms with Crippen molar-refractivity contribution >= 4 is 0 Å². The van der Waals surface area contributed by atoms with Gasteiger partial charge in [0.05, 0.1) is 13.2 Å². The molecule has 14 heavy (non-hydrogen) atoms. The summed E-state index contributed by atoms with van der Waals surface area (Å²) >= 11 is 0. The third-order valence-electron chi connectivity index (χ3n) is 2.79. The average molecular weight is 194 g/mol. The molecule has 0 aliphatic carbocycles. The van der Waals surface area contributed by atoms with Gasteiger partial charge in [-0.25, -0.2) is 0 Å². The molecule has 3 nitrogen and oxygen atoms in total. The minimum Gasteiger partial charge on any atom is -0.301 e. The second kappa shape index (κ2) is 5.35. The van der Waals surface area contributed by atoms with Crippen LogP contribution in [0, 0.1) is 11.8 Å². The first-order valence-electron chi connectivity index (χ1n) is 5.50. The molecule has 0 aromatic carbocycles. The highest BCUT2D eigenvalue weighted by molar-refractivity contribution is 5.03. The van der Waals surface area contributed by atoms with Gasteiger partial charge in [-0.2, -0.15) is 5.48 Å². The maximum atomic E-state index is 5.06. The van der Waals surface area contributed by atoms with Gasteiger partial charge in [-0.1, -0.05) is 5.92 Å². The van der Waals surface area contributed by atoms with Crippen molar-refractivity contribution in [3.05, 3.63) is 0 Å². The standard InChI is InChI=1S/C11H18N2O/c1(5-11-6-10-14-12-11)2-7-13-8-3-4-9-13/h11-12H,3-10H2. The Balaban J connectivity index is 1.61. The van der Waals surface area contributed by atoms with Crippen molar-refractivity contribution in [3.63, 3.8) is 0 Å². The van der Waals surface area contributed by atoms with E-state index in [4.69, 9.17) is 4.84 Å². The molecular weight excluding hydrogens is 176 g/mol. The zero-order valence-corrected chi connectivity index (χ0v) is 8.59. The zero-order valence-electron chi connectivity index (χ0n) is 8.59. The molecule has 2 saturated heterocycles. The second-order valence-corrected chi connectivity index (χ2v) is 3.99. The quantitative estimate of drug-likeness (QED) is 0.657. The number of nitrogens with one attached hydrogen (secondary N) is 1. The van der Waals surface area contributed by atoms with Crippen molar-refractivity contribution in [2.45, 2.75) is 31.7 Å². The summed E-state index contributed by atoms with van der Waals surface area (Å²) in [5, 5.41) is 0. The molecule has 2 aliphatic rings. The molecule has 0 radical (unpaired) electrons. The molecule has 0 aromatic heterocycles. The summed E-state index contributed by atoms with van der Waals surface area (Å²) in [4.78, 5) is 7.48. The van der Waals surface area contributed by atoms with Crippen molar-refractivity contribution in [2.75, 3.05) is 26.2 Å². The minimum atomic E-state index is 0.459. The molecule has 0 saturated carbocycles. The summed E-state index contributed by atoms with van der Waals surface area (Å²) < 4.78 is 0. The number of hydroxylamine groups is 1. The summed E-state index contributed by atoms with van der Waals surface area (Å²) in [7, 11) is 0. The highest BCUT2D eigenvalue weighted by Gasteiger charge is 2.13. The van der Waals surface area contributed by atoms with E-state index >= 15 is 0 Å². The van der Waals surface area contributed by atoms with E-state index in [1.165, 1.54) is 25.9 Å². The molecule has 2 heterocycles. The van der Waals surface area contributed by atoms with Crippen LogP contribution in [0.2, 0.25) is 0 Å². The minimum absolute atomic E-state index is 0.459. The molecule has 2 rings (SSSR count). The average Bonchev–Trinajstić information content (AvgIpc) is 2.86. The number of nitrogens with zero attached hydrogens (tertiary/aromatic N) is 1. The fourth-order valence-electron chi connectivity index (χ4n) is 1.88. The molecule has 1 atom stereocenters. The highest BCUT2D eigenvalue weighted by atomic mass is 16.7. The van der Waals surface area contributed by atoms with Crippen molar-refractivity contribution < 1.29 is 4.84 Å². The molecule has 0 spiro atoms. The topological polar surface area (TPSA) is 24.5 Å². The molecule has 0 amide bonds. The fraction of sp³-hybridized carbons (Fsp3) is 0.818. The molecule has 2 aliphatic heterocycles. The van der Waals surface area contributed by atoms with Crippen LogP contribution in [0.25, 0.3) is 0 Å². The fourth-order valence-corrected chi connectivity index (χ4v) is 1.88. The molecule has 1 N–H and O–H groups in total. The zero-order chi connectivity index (χ0) is 9.64. The van der Waals surface area contributed by atoms with Crippen LogP contribution in [0.5, 0.6) is 0 Å². The van der Waals surface area contributed by atoms with E-state index in [1.807, 2.05) is 0 Å². The Hall–Kier alpha value is -0.560. The van der Waals surface area contributed by atoms with Crippen LogP contribution in [-0.4, -0.2) is 37.2 Å². The Morgan fingerprint density at radius 2 is 2.14 bits per heavy atom. The SMILES string of the molecule is C(#CCN1CCCC1)CC1CCON1. The van der Waals surface area contributed by atoms with Crippen molar-refractivity contribution in [3.8, 4) is 11.8 Å². The van der Waals surface area contributed by atoms with Gasteiger partial charge in [0.15, 0.2) is 0 Å². The van der Waals surface area contributed by atoms with Gasteiger partial charge in [0, 0.05) is 12.5 Å². The van der Waals surface area contributed by atoms with Gasteiger partial charge >= 0.3 is 0 Å². The second-order valence-electron chi connectivity index (χ2n) is 3.99. The van der Waals surface area contributed by atoms with E-state index in [0.717, 1.165) is 26.0 Å². The van der Waals surface area contributed by atoms with E-state index in [0.29, 0.717) is 6.04 Å². The lowest BCUT2D eigenvalue weighted by atomic mass is 10.2. The molecule has 2 fully saturated rings. The summed E-state index contributed by atoms with van der Waals surface area (Å²) in [5.74, 6) is 6.45. The molecule has 78 valence electrons. The molecule has 3 heteroatoms. The van der Waals surface area contributed by atoms with Gasteiger partial charge in [-0.3, -0.25) is 4.90 Å². The van der Waals surface area contributed by atoms with E-state index in [-0.39, 0.29) is 0 Å². The monoisotopic (exact) mass is 194 g/mol. The first kappa shape index (κ1) is 9.97. The van der Waals surface area contributed by atoms with Crippen LogP contribution in [-0.2, 0) is 4.84 Å². The Morgan fingerprint density at radius 1 is 1.29 bits per heavy atom. The predicted molar refractivity (Wildman–Crippen MR) is 55.6 cm³/mol. The van der Waals surface area contributed by atoms with Gasteiger partial charge < -0.3 is 4.84 Å². The van der Waals surface area contributed by atoms with Crippen LogP contribution < -0.4 is 5.48 Å². The van der Waals surface area contributed by atoms with E-state index in [9.17, 15) is 0 Å². The highest BCUT2D eigenvalue weighted by Crippen LogP contribution is 2.06. The van der Waals surface area contributed by atoms with Gasteiger partial charge in [-0.05, 0) is 32.4 Å². The summed E-state index contributed by atoms with van der Waals surface area (Å²) in [5.41, 5.74) is 2.97. The molecule has 0 bridgehead atoms. The van der Waals surface area contributed by atoms with Gasteiger partial charge in [0.1, 0.15) is 0 Å². The maximum absolute atomic E-state index is 5.06. The number of hydrogen-bond donors (Lipinski definition) is 1. The number of rotatable bonds is 2. The molecule has 0 aromatic rings. The van der Waals surface area contributed by atoms with E-state index < -0.39 is 0 Å². The largest absolute Gasteiger partial charge is 0.301 e. The predicted octanol–water partition coefficient (Wildman–Crippen LogP) is 0.769. The Labute approximate surface area is 85.8 Å². The van der Waals surface area contributed by atoms with Gasteiger partial charge in [0.2, 0.25) is 0 Å². The number of likely N-dealkylation sites (tertiary alicyclic amines) is 1. The van der Waals surface area contributed by atoms with Crippen LogP contribution in [0.4, 0.5) is 0 Å². The summed E-state index contributed by atoms with van der Waals surface area (Å²) in [6, 6.07) is 0.459. The van der Waals surface area contributed by atoms with E-state index in [1.54, 1.807) is 0 Å². The first-order chi connectivity index (χ1) is 6.95. The Kier molecular flexibility index (Phi) is 3.81. The Bertz CT molecular complexity index is 197. The van der Waals surface area contributed by atoms with Gasteiger partial charge in [-0.15, -0.1) is 5.92 Å². The van der Waals surface area contributed by atoms with Crippen molar-refractivity contribution in [2.24, 2.45) is 0 Å². The van der Waals surface area contributed by atoms with Crippen molar-refractivity contribution in [1.82, 2.24) is 10.4 Å². The Morgan fingerprint density at radius 3 is 2.86 bits per heavy atom. The third kappa shape index (κ3) is 2.98. The first-order valence-corrected chi connectivity index (χ1v) is 5.50. The maximum Gasteiger partial charge on any atom is 0.0698 e. The lowest BCUT2D eigenvalue weighted by Crippen LogP contribution is -2.20. The normalized spacial score (nSPS) is 27.6. The van der Waals surface area contributed by atoms with Crippen LogP contribution in [0.3, 0.4) is 0 Å². The lowest BCUT2D eigenvalue weighted by molar-refractivity contribution is 0.0889. The van der Waals surface area contributed by atoms with Crippen molar-refractivity contribution in [1.29, 1.82) is 0 Å². The number of hydrogen-bond acceptors (Lipinski definition) is 3. The third-order valence-corrected chi connectivity index (χ3v) is 2.79. The lowest BCUT2D eigenvalue weighted by Gasteiger charge is -2.08. The van der Waals surface area contributed by atoms with Crippen LogP contribution >= 0.6 is 0 Å². The van der Waals surface area contributed by atoms with Gasteiger partial charge in [0.25, 0.3) is 0 Å².